The molecule has 1 aromatic heterocycles. The molecule has 2 heterocycles. The second-order valence-corrected chi connectivity index (χ2v) is 5.94. The Hall–Kier alpha value is -1.53. The van der Waals surface area contributed by atoms with E-state index in [-0.39, 0.29) is 0 Å². The van der Waals surface area contributed by atoms with Crippen molar-refractivity contribution >= 4 is 15.9 Å². The number of halogens is 1. The summed E-state index contributed by atoms with van der Waals surface area (Å²) >= 11 is 3.56. The minimum Gasteiger partial charge on any atom is -0.490 e. The maximum absolute atomic E-state index is 5.74. The van der Waals surface area contributed by atoms with E-state index >= 15 is 0 Å². The van der Waals surface area contributed by atoms with E-state index in [2.05, 4.69) is 32.4 Å². The number of hydrogen-bond acceptors (Lipinski definition) is 4. The van der Waals surface area contributed by atoms with Gasteiger partial charge in [-0.1, -0.05) is 0 Å². The number of aryl methyl sites for hydroxylation is 1. The molecule has 0 spiro atoms. The van der Waals surface area contributed by atoms with Crippen LogP contribution >= 0.6 is 15.9 Å². The Kier molecular flexibility index (Phi) is 4.45. The summed E-state index contributed by atoms with van der Waals surface area (Å²) in [5.41, 5.74) is 2.33. The molecule has 21 heavy (non-hydrogen) atoms. The lowest BCUT2D eigenvalue weighted by molar-refractivity contribution is 0.296. The minimum atomic E-state index is 0.699. The number of hydrogen-bond donors (Lipinski definition) is 1. The summed E-state index contributed by atoms with van der Waals surface area (Å²) in [7, 11) is 1.92. The van der Waals surface area contributed by atoms with Crippen molar-refractivity contribution in [2.75, 3.05) is 13.2 Å². The normalized spacial score (nSPS) is 14.0. The van der Waals surface area contributed by atoms with Crippen LogP contribution in [0.1, 0.15) is 17.5 Å². The smallest absolute Gasteiger partial charge is 0.175 e. The van der Waals surface area contributed by atoms with E-state index in [4.69, 9.17) is 9.47 Å². The monoisotopic (exact) mass is 351 g/mol. The van der Waals surface area contributed by atoms with Gasteiger partial charge in [-0.2, -0.15) is 5.10 Å². The maximum atomic E-state index is 5.74. The molecule has 1 aliphatic rings. The third kappa shape index (κ3) is 3.57. The van der Waals surface area contributed by atoms with Crippen molar-refractivity contribution in [1.82, 2.24) is 15.1 Å². The fraction of sp³-hybridized carbons (Fsp3) is 0.400. The van der Waals surface area contributed by atoms with Crippen molar-refractivity contribution in [1.29, 1.82) is 0 Å². The second-order valence-electron chi connectivity index (χ2n) is 5.08. The summed E-state index contributed by atoms with van der Waals surface area (Å²) < 4.78 is 14.2. The molecule has 3 rings (SSSR count). The van der Waals surface area contributed by atoms with Gasteiger partial charge in [0.05, 0.1) is 23.9 Å². The number of ether oxygens (including phenoxy) is 2. The summed E-state index contributed by atoms with van der Waals surface area (Å²) in [6.07, 6.45) is 4.80. The van der Waals surface area contributed by atoms with Crippen LogP contribution in [0.4, 0.5) is 0 Å². The van der Waals surface area contributed by atoms with E-state index in [1.807, 2.05) is 25.5 Å². The summed E-state index contributed by atoms with van der Waals surface area (Å²) in [5.74, 6) is 1.63. The lowest BCUT2D eigenvalue weighted by Gasteiger charge is -2.12. The van der Waals surface area contributed by atoms with Gasteiger partial charge in [-0.3, -0.25) is 4.68 Å². The molecule has 112 valence electrons. The molecule has 1 aromatic carbocycles. The van der Waals surface area contributed by atoms with Gasteiger partial charge in [-0.15, -0.1) is 0 Å². The summed E-state index contributed by atoms with van der Waals surface area (Å²) in [4.78, 5) is 0. The van der Waals surface area contributed by atoms with Crippen molar-refractivity contribution in [2.24, 2.45) is 7.05 Å². The molecule has 1 N–H and O–H groups in total. The number of rotatable bonds is 4. The third-order valence-electron chi connectivity index (χ3n) is 3.28. The molecule has 0 fully saturated rings. The van der Waals surface area contributed by atoms with Crippen molar-refractivity contribution < 1.29 is 9.47 Å². The molecule has 0 aliphatic carbocycles. The standard InChI is InChI=1S/C15H18BrN3O2/c1-19-10-12(9-18-19)8-17-7-11-5-13(16)15-14(6-11)20-3-2-4-21-15/h5-6,9-10,17H,2-4,7-8H2,1H3. The SMILES string of the molecule is Cn1cc(CNCc2cc(Br)c3c(c2)OCCCO3)cn1. The van der Waals surface area contributed by atoms with Crippen LogP contribution in [-0.4, -0.2) is 23.0 Å². The van der Waals surface area contributed by atoms with Gasteiger partial charge in [0.2, 0.25) is 0 Å². The van der Waals surface area contributed by atoms with E-state index in [0.29, 0.717) is 13.2 Å². The number of fused-ring (bicyclic) bond motifs is 1. The van der Waals surface area contributed by atoms with Crippen molar-refractivity contribution in [3.05, 3.63) is 40.1 Å². The molecule has 5 nitrogen and oxygen atoms in total. The highest BCUT2D eigenvalue weighted by molar-refractivity contribution is 9.10. The fourth-order valence-electron chi connectivity index (χ4n) is 2.30. The van der Waals surface area contributed by atoms with Crippen LogP contribution in [0.15, 0.2) is 29.0 Å². The molecule has 1 aliphatic heterocycles. The average Bonchev–Trinajstić information content (AvgIpc) is 2.73. The Balaban J connectivity index is 1.65. The Bertz CT molecular complexity index is 627. The highest BCUT2D eigenvalue weighted by atomic mass is 79.9. The molecule has 6 heteroatoms. The highest BCUT2D eigenvalue weighted by Crippen LogP contribution is 2.38. The molecule has 0 radical (unpaired) electrons. The maximum Gasteiger partial charge on any atom is 0.175 e. The van der Waals surface area contributed by atoms with Crippen molar-refractivity contribution in [2.45, 2.75) is 19.5 Å². The Morgan fingerprint density at radius 3 is 2.86 bits per heavy atom. The van der Waals surface area contributed by atoms with Crippen LogP contribution in [-0.2, 0) is 20.1 Å². The molecule has 0 atom stereocenters. The predicted molar refractivity (Wildman–Crippen MR) is 83.5 cm³/mol. The summed E-state index contributed by atoms with van der Waals surface area (Å²) in [6.45, 7) is 2.96. The molecule has 0 amide bonds. The molecule has 2 aromatic rings. The molecule has 0 unspecified atom stereocenters. The Labute approximate surface area is 132 Å². The number of nitrogens with one attached hydrogen (secondary N) is 1. The lowest BCUT2D eigenvalue weighted by atomic mass is 10.2. The molecule has 0 bridgehead atoms. The van der Waals surface area contributed by atoms with Gasteiger partial charge < -0.3 is 14.8 Å². The number of benzene rings is 1. The van der Waals surface area contributed by atoms with E-state index < -0.39 is 0 Å². The molecular formula is C15H18BrN3O2. The largest absolute Gasteiger partial charge is 0.490 e. The van der Waals surface area contributed by atoms with Crippen LogP contribution in [0, 0.1) is 0 Å². The van der Waals surface area contributed by atoms with E-state index in [1.54, 1.807) is 4.68 Å². The van der Waals surface area contributed by atoms with Crippen molar-refractivity contribution in [3.63, 3.8) is 0 Å². The van der Waals surface area contributed by atoms with Crippen LogP contribution in [0.5, 0.6) is 11.5 Å². The zero-order valence-corrected chi connectivity index (χ0v) is 13.5. The quantitative estimate of drug-likeness (QED) is 0.919. The zero-order valence-electron chi connectivity index (χ0n) is 11.9. The van der Waals surface area contributed by atoms with Crippen molar-refractivity contribution in [3.8, 4) is 11.5 Å². The lowest BCUT2D eigenvalue weighted by Crippen LogP contribution is -2.12. The first kappa shape index (κ1) is 14.4. The first-order valence-corrected chi connectivity index (χ1v) is 7.78. The van der Waals surface area contributed by atoms with Crippen LogP contribution < -0.4 is 14.8 Å². The van der Waals surface area contributed by atoms with Crippen LogP contribution in [0.25, 0.3) is 0 Å². The third-order valence-corrected chi connectivity index (χ3v) is 3.87. The van der Waals surface area contributed by atoms with E-state index in [9.17, 15) is 0 Å². The van der Waals surface area contributed by atoms with Gasteiger partial charge in [0.15, 0.2) is 11.5 Å². The van der Waals surface area contributed by atoms with E-state index in [1.165, 1.54) is 5.56 Å². The first-order chi connectivity index (χ1) is 10.2. The van der Waals surface area contributed by atoms with Crippen LogP contribution in [0.2, 0.25) is 0 Å². The highest BCUT2D eigenvalue weighted by Gasteiger charge is 2.15. The molecule has 0 saturated carbocycles. The topological polar surface area (TPSA) is 48.3 Å². The predicted octanol–water partition coefficient (Wildman–Crippen LogP) is 2.63. The fourth-order valence-corrected chi connectivity index (χ4v) is 2.90. The van der Waals surface area contributed by atoms with Gasteiger partial charge in [-0.05, 0) is 33.6 Å². The van der Waals surface area contributed by atoms with Gasteiger partial charge in [-0.25, -0.2) is 0 Å². The first-order valence-electron chi connectivity index (χ1n) is 6.98. The molecular weight excluding hydrogens is 334 g/mol. The summed E-state index contributed by atoms with van der Waals surface area (Å²) in [5, 5.41) is 7.57. The van der Waals surface area contributed by atoms with Gasteiger partial charge in [0.25, 0.3) is 0 Å². The number of aromatic nitrogens is 2. The summed E-state index contributed by atoms with van der Waals surface area (Å²) in [6, 6.07) is 4.12. The Morgan fingerprint density at radius 2 is 2.05 bits per heavy atom. The van der Waals surface area contributed by atoms with Gasteiger partial charge in [0.1, 0.15) is 0 Å². The van der Waals surface area contributed by atoms with E-state index in [0.717, 1.165) is 41.0 Å². The van der Waals surface area contributed by atoms with Crippen LogP contribution in [0.3, 0.4) is 0 Å². The Morgan fingerprint density at radius 1 is 1.24 bits per heavy atom. The van der Waals surface area contributed by atoms with Gasteiger partial charge >= 0.3 is 0 Å². The minimum absolute atomic E-state index is 0.699. The van der Waals surface area contributed by atoms with Gasteiger partial charge in [0, 0.05) is 38.3 Å². The molecule has 0 saturated heterocycles. The zero-order chi connectivity index (χ0) is 14.7. The average molecular weight is 352 g/mol. The number of nitrogens with zero attached hydrogens (tertiary/aromatic N) is 2. The second kappa shape index (κ2) is 6.49.